The number of piperazine rings is 1. The summed E-state index contributed by atoms with van der Waals surface area (Å²) in [5.74, 6) is 0.666. The maximum Gasteiger partial charge on any atom is 0.237 e. The number of ether oxygens (including phenoxy) is 1. The van der Waals surface area contributed by atoms with Crippen molar-refractivity contribution in [3.63, 3.8) is 0 Å². The number of aromatic nitrogens is 1. The zero-order chi connectivity index (χ0) is 23.4. The van der Waals surface area contributed by atoms with Crippen molar-refractivity contribution in [2.24, 2.45) is 0 Å². The lowest BCUT2D eigenvalue weighted by Gasteiger charge is -2.35. The second kappa shape index (κ2) is 10.1. The first kappa shape index (κ1) is 22.9. The summed E-state index contributed by atoms with van der Waals surface area (Å²) in [6.45, 7) is 6.90. The molecule has 3 aromatic rings. The minimum atomic E-state index is -0.507. The number of amides is 2. The number of carbonyl (C=O) groups is 2. The van der Waals surface area contributed by atoms with Crippen molar-refractivity contribution in [2.45, 2.75) is 39.4 Å². The minimum Gasteiger partial charge on any atom is -0.494 e. The van der Waals surface area contributed by atoms with Gasteiger partial charge in [-0.25, -0.2) is 0 Å². The second-order valence-corrected chi connectivity index (χ2v) is 8.55. The van der Waals surface area contributed by atoms with Gasteiger partial charge in [0, 0.05) is 48.8 Å². The SMILES string of the molecule is CCOc1ccccc1CN1CCNC(=O)[C@H]1CC(=O)N(C)Cc1[nH]c2ccccc2c1C. The molecule has 1 aliphatic rings. The van der Waals surface area contributed by atoms with E-state index in [1.807, 2.05) is 49.4 Å². The number of H-pyrrole nitrogens is 1. The molecule has 1 aliphatic heterocycles. The van der Waals surface area contributed by atoms with Crippen molar-refractivity contribution in [1.82, 2.24) is 20.1 Å². The highest BCUT2D eigenvalue weighted by atomic mass is 16.5. The number of carbonyl (C=O) groups excluding carboxylic acids is 2. The average molecular weight is 449 g/mol. The summed E-state index contributed by atoms with van der Waals surface area (Å²) in [6, 6.07) is 15.5. The van der Waals surface area contributed by atoms with Gasteiger partial charge in [0.2, 0.25) is 11.8 Å². The van der Waals surface area contributed by atoms with Gasteiger partial charge in [-0.05, 0) is 31.5 Å². The standard InChI is InChI=1S/C26H32N4O3/c1-4-33-24-12-8-5-9-19(24)16-30-14-13-27-26(32)23(30)15-25(31)29(3)17-22-18(2)20-10-6-7-11-21(20)28-22/h5-12,23,28H,4,13-17H2,1-3H3,(H,27,32)/t23-/m1/s1. The highest BCUT2D eigenvalue weighted by molar-refractivity contribution is 5.89. The first-order valence-corrected chi connectivity index (χ1v) is 11.5. The fraction of sp³-hybridized carbons (Fsp3) is 0.385. The Kier molecular flexibility index (Phi) is 6.99. The van der Waals surface area contributed by atoms with Gasteiger partial charge in [0.15, 0.2) is 0 Å². The topological polar surface area (TPSA) is 77.7 Å². The highest BCUT2D eigenvalue weighted by Gasteiger charge is 2.33. The quantitative estimate of drug-likeness (QED) is 0.555. The number of hydrogen-bond acceptors (Lipinski definition) is 4. The minimum absolute atomic E-state index is 0.0572. The summed E-state index contributed by atoms with van der Waals surface area (Å²) < 4.78 is 5.76. The van der Waals surface area contributed by atoms with Gasteiger partial charge in [-0.15, -0.1) is 0 Å². The Morgan fingerprint density at radius 2 is 1.94 bits per heavy atom. The van der Waals surface area contributed by atoms with Gasteiger partial charge in [0.1, 0.15) is 5.75 Å². The summed E-state index contributed by atoms with van der Waals surface area (Å²) in [5, 5.41) is 4.09. The zero-order valence-corrected chi connectivity index (χ0v) is 19.6. The van der Waals surface area contributed by atoms with E-state index in [1.165, 1.54) is 5.39 Å². The van der Waals surface area contributed by atoms with E-state index in [0.717, 1.165) is 28.1 Å². The molecule has 7 nitrogen and oxygen atoms in total. The van der Waals surface area contributed by atoms with Crippen LogP contribution in [0.5, 0.6) is 5.75 Å². The van der Waals surface area contributed by atoms with Gasteiger partial charge >= 0.3 is 0 Å². The summed E-state index contributed by atoms with van der Waals surface area (Å²) >= 11 is 0. The molecule has 0 bridgehead atoms. The van der Waals surface area contributed by atoms with Crippen molar-refractivity contribution in [1.29, 1.82) is 0 Å². The molecular weight excluding hydrogens is 416 g/mol. The van der Waals surface area contributed by atoms with E-state index in [2.05, 4.69) is 28.2 Å². The molecule has 2 amide bonds. The zero-order valence-electron chi connectivity index (χ0n) is 19.6. The molecule has 1 fully saturated rings. The number of fused-ring (bicyclic) bond motifs is 1. The largest absolute Gasteiger partial charge is 0.494 e. The van der Waals surface area contributed by atoms with Crippen LogP contribution in [0, 0.1) is 6.92 Å². The highest BCUT2D eigenvalue weighted by Crippen LogP contribution is 2.24. The van der Waals surface area contributed by atoms with Crippen molar-refractivity contribution in [3.05, 3.63) is 65.4 Å². The lowest BCUT2D eigenvalue weighted by Crippen LogP contribution is -2.56. The number of nitrogens with zero attached hydrogens (tertiary/aromatic N) is 2. The monoisotopic (exact) mass is 448 g/mol. The molecule has 0 radical (unpaired) electrons. The molecule has 0 aliphatic carbocycles. The fourth-order valence-electron chi connectivity index (χ4n) is 4.47. The Labute approximate surface area is 194 Å². The summed E-state index contributed by atoms with van der Waals surface area (Å²) in [5.41, 5.74) is 4.25. The van der Waals surface area contributed by atoms with Gasteiger partial charge in [0.25, 0.3) is 0 Å². The van der Waals surface area contributed by atoms with Crippen LogP contribution in [0.25, 0.3) is 10.9 Å². The van der Waals surface area contributed by atoms with Crippen LogP contribution in [0.15, 0.2) is 48.5 Å². The molecule has 2 N–H and O–H groups in total. The predicted molar refractivity (Wildman–Crippen MR) is 129 cm³/mol. The third-order valence-corrected chi connectivity index (χ3v) is 6.35. The van der Waals surface area contributed by atoms with Crippen LogP contribution in [0.4, 0.5) is 0 Å². The van der Waals surface area contributed by atoms with Crippen molar-refractivity contribution >= 4 is 22.7 Å². The van der Waals surface area contributed by atoms with E-state index in [0.29, 0.717) is 32.8 Å². The molecule has 2 heterocycles. The lowest BCUT2D eigenvalue weighted by molar-refractivity contribution is -0.138. The van der Waals surface area contributed by atoms with Crippen LogP contribution in [0.2, 0.25) is 0 Å². The first-order valence-electron chi connectivity index (χ1n) is 11.5. The van der Waals surface area contributed by atoms with Crippen LogP contribution in [0.1, 0.15) is 30.2 Å². The van der Waals surface area contributed by atoms with Crippen LogP contribution >= 0.6 is 0 Å². The number of hydrogen-bond donors (Lipinski definition) is 2. The molecule has 1 atom stereocenters. The van der Waals surface area contributed by atoms with E-state index in [-0.39, 0.29) is 18.2 Å². The van der Waals surface area contributed by atoms with Crippen LogP contribution in [-0.2, 0) is 22.7 Å². The van der Waals surface area contributed by atoms with E-state index in [9.17, 15) is 9.59 Å². The van der Waals surface area contributed by atoms with Gasteiger partial charge in [0.05, 0.1) is 25.6 Å². The van der Waals surface area contributed by atoms with Crippen LogP contribution in [-0.4, -0.2) is 59.4 Å². The average Bonchev–Trinajstić information content (AvgIpc) is 3.12. The molecular formula is C26H32N4O3. The fourth-order valence-corrected chi connectivity index (χ4v) is 4.47. The Balaban J connectivity index is 1.46. The molecule has 0 saturated carbocycles. The first-order chi connectivity index (χ1) is 16.0. The van der Waals surface area contributed by atoms with Crippen molar-refractivity contribution in [3.8, 4) is 5.75 Å². The molecule has 1 aromatic heterocycles. The maximum absolute atomic E-state index is 13.1. The van der Waals surface area contributed by atoms with Gasteiger partial charge < -0.3 is 19.9 Å². The molecule has 4 rings (SSSR count). The van der Waals surface area contributed by atoms with E-state index >= 15 is 0 Å². The Morgan fingerprint density at radius 3 is 2.73 bits per heavy atom. The van der Waals surface area contributed by atoms with Crippen molar-refractivity contribution < 1.29 is 14.3 Å². The normalized spacial score (nSPS) is 16.6. The van der Waals surface area contributed by atoms with E-state index < -0.39 is 6.04 Å². The van der Waals surface area contributed by atoms with Gasteiger partial charge in [-0.2, -0.15) is 0 Å². The molecule has 2 aromatic carbocycles. The second-order valence-electron chi connectivity index (χ2n) is 8.55. The smallest absolute Gasteiger partial charge is 0.237 e. The van der Waals surface area contributed by atoms with E-state index in [4.69, 9.17) is 4.74 Å². The molecule has 7 heteroatoms. The van der Waals surface area contributed by atoms with Gasteiger partial charge in [-0.1, -0.05) is 36.4 Å². The van der Waals surface area contributed by atoms with Gasteiger partial charge in [-0.3, -0.25) is 14.5 Å². The van der Waals surface area contributed by atoms with Crippen LogP contribution < -0.4 is 10.1 Å². The number of benzene rings is 2. The Hall–Kier alpha value is -3.32. The number of aromatic amines is 1. The number of para-hydroxylation sites is 2. The number of aryl methyl sites for hydroxylation is 1. The predicted octanol–water partition coefficient (Wildman–Crippen LogP) is 3.22. The number of nitrogens with one attached hydrogen (secondary N) is 2. The number of rotatable bonds is 8. The maximum atomic E-state index is 13.1. The third-order valence-electron chi connectivity index (χ3n) is 6.35. The Bertz CT molecular complexity index is 1140. The summed E-state index contributed by atoms with van der Waals surface area (Å²) in [6.07, 6.45) is 0.137. The summed E-state index contributed by atoms with van der Waals surface area (Å²) in [7, 11) is 1.79. The summed E-state index contributed by atoms with van der Waals surface area (Å²) in [4.78, 5) is 33.1. The van der Waals surface area contributed by atoms with Crippen molar-refractivity contribution in [2.75, 3.05) is 26.7 Å². The molecule has 33 heavy (non-hydrogen) atoms. The lowest BCUT2D eigenvalue weighted by atomic mass is 10.1. The Morgan fingerprint density at radius 1 is 1.18 bits per heavy atom. The third kappa shape index (κ3) is 5.03. The molecule has 1 saturated heterocycles. The molecule has 0 unspecified atom stereocenters. The molecule has 0 spiro atoms. The molecule has 174 valence electrons. The van der Waals surface area contributed by atoms with Crippen LogP contribution in [0.3, 0.4) is 0 Å². The van der Waals surface area contributed by atoms with E-state index in [1.54, 1.807) is 11.9 Å².